The van der Waals surface area contributed by atoms with E-state index in [-0.39, 0.29) is 25.2 Å². The Labute approximate surface area is 361 Å². The molecule has 0 aliphatic rings. The molecule has 0 spiro atoms. The summed E-state index contributed by atoms with van der Waals surface area (Å²) in [5.74, 6) is -0.401. The fraction of sp³-hybridized carbons (Fsp3) is 0.849. The van der Waals surface area contributed by atoms with Gasteiger partial charge >= 0.3 is 11.9 Å². The van der Waals surface area contributed by atoms with E-state index in [2.05, 4.69) is 57.2 Å². The summed E-state index contributed by atoms with van der Waals surface area (Å²) in [7, 11) is 0. The molecule has 0 aromatic rings. The molecule has 0 aliphatic carbocycles. The first-order chi connectivity index (χ1) is 28.6. The van der Waals surface area contributed by atoms with Gasteiger partial charge in [-0.1, -0.05) is 211 Å². The van der Waals surface area contributed by atoms with Gasteiger partial charge in [0.15, 0.2) is 6.10 Å². The fourth-order valence-corrected chi connectivity index (χ4v) is 7.30. The van der Waals surface area contributed by atoms with Crippen LogP contribution in [0.3, 0.4) is 0 Å². The van der Waals surface area contributed by atoms with Crippen LogP contribution in [0.1, 0.15) is 265 Å². The highest BCUT2D eigenvalue weighted by Crippen LogP contribution is 2.14. The Bertz CT molecular complexity index is 924. The first-order valence-corrected chi connectivity index (χ1v) is 25.5. The summed E-state index contributed by atoms with van der Waals surface area (Å²) in [4.78, 5) is 25.3. The Kier molecular flexibility index (Phi) is 47.9. The second-order valence-electron chi connectivity index (χ2n) is 17.1. The van der Waals surface area contributed by atoms with Crippen LogP contribution >= 0.6 is 0 Å². The highest BCUT2D eigenvalue weighted by molar-refractivity contribution is 5.70. The van der Waals surface area contributed by atoms with E-state index in [0.29, 0.717) is 19.4 Å². The molecule has 0 fully saturated rings. The molecular weight excluding hydrogens is 717 g/mol. The van der Waals surface area contributed by atoms with Crippen LogP contribution in [0.15, 0.2) is 36.5 Å². The van der Waals surface area contributed by atoms with Crippen LogP contribution in [0.25, 0.3) is 0 Å². The normalized spacial score (nSPS) is 12.4. The van der Waals surface area contributed by atoms with Crippen LogP contribution in [0.2, 0.25) is 0 Å². The van der Waals surface area contributed by atoms with Gasteiger partial charge in [-0.25, -0.2) is 0 Å². The van der Waals surface area contributed by atoms with Crippen molar-refractivity contribution in [2.24, 2.45) is 0 Å². The van der Waals surface area contributed by atoms with Crippen LogP contribution in [0.4, 0.5) is 0 Å². The van der Waals surface area contributed by atoms with Crippen molar-refractivity contribution in [3.8, 4) is 0 Å². The van der Waals surface area contributed by atoms with Crippen molar-refractivity contribution in [2.75, 3.05) is 19.8 Å². The van der Waals surface area contributed by atoms with E-state index in [1.54, 1.807) is 0 Å². The summed E-state index contributed by atoms with van der Waals surface area (Å²) < 4.78 is 17.4. The van der Waals surface area contributed by atoms with Crippen molar-refractivity contribution < 1.29 is 23.8 Å². The molecule has 0 amide bonds. The Morgan fingerprint density at radius 3 is 1.19 bits per heavy atom. The molecule has 0 heterocycles. The van der Waals surface area contributed by atoms with E-state index < -0.39 is 6.10 Å². The second kappa shape index (κ2) is 49.5. The predicted molar refractivity (Wildman–Crippen MR) is 252 cm³/mol. The first-order valence-electron chi connectivity index (χ1n) is 25.5. The van der Waals surface area contributed by atoms with Gasteiger partial charge in [-0.2, -0.15) is 0 Å². The lowest BCUT2D eigenvalue weighted by molar-refractivity contribution is -0.163. The van der Waals surface area contributed by atoms with Crippen molar-refractivity contribution in [2.45, 2.75) is 271 Å². The van der Waals surface area contributed by atoms with E-state index >= 15 is 0 Å². The molecular formula is C53H98O5. The summed E-state index contributed by atoms with van der Waals surface area (Å²) in [5.41, 5.74) is 0. The highest BCUT2D eigenvalue weighted by Gasteiger charge is 2.17. The van der Waals surface area contributed by atoms with Crippen molar-refractivity contribution >= 4 is 11.9 Å². The summed E-state index contributed by atoms with van der Waals surface area (Å²) in [6, 6.07) is 0. The molecule has 0 saturated heterocycles. The molecule has 340 valence electrons. The third-order valence-corrected chi connectivity index (χ3v) is 11.1. The van der Waals surface area contributed by atoms with E-state index in [4.69, 9.17) is 14.2 Å². The SMILES string of the molecule is CCCCC/C=C\C/C=C\CCCCCCCCCC(=O)OCC(COCCCCCCCC/C=C\CCCCCCCC)OC(=O)CCCCCCCCCCC. The average molecular weight is 815 g/mol. The number of carbonyl (C=O) groups is 2. The lowest BCUT2D eigenvalue weighted by Crippen LogP contribution is -2.30. The molecule has 0 aliphatic heterocycles. The van der Waals surface area contributed by atoms with E-state index in [1.165, 1.54) is 180 Å². The average Bonchev–Trinajstić information content (AvgIpc) is 3.22. The summed E-state index contributed by atoms with van der Waals surface area (Å²) >= 11 is 0. The van der Waals surface area contributed by atoms with Crippen molar-refractivity contribution in [3.05, 3.63) is 36.5 Å². The van der Waals surface area contributed by atoms with Crippen molar-refractivity contribution in [1.29, 1.82) is 0 Å². The van der Waals surface area contributed by atoms with Gasteiger partial charge in [0.25, 0.3) is 0 Å². The lowest BCUT2D eigenvalue weighted by Gasteiger charge is -2.18. The maximum Gasteiger partial charge on any atom is 0.306 e. The minimum atomic E-state index is -0.536. The van der Waals surface area contributed by atoms with Gasteiger partial charge < -0.3 is 14.2 Å². The fourth-order valence-electron chi connectivity index (χ4n) is 7.30. The molecule has 0 saturated carbocycles. The summed E-state index contributed by atoms with van der Waals surface area (Å²) in [6.07, 6.45) is 58.6. The topological polar surface area (TPSA) is 61.8 Å². The minimum Gasteiger partial charge on any atom is -0.462 e. The van der Waals surface area contributed by atoms with Crippen LogP contribution in [0, 0.1) is 0 Å². The Morgan fingerprint density at radius 2 is 0.724 bits per heavy atom. The maximum atomic E-state index is 12.7. The molecule has 58 heavy (non-hydrogen) atoms. The molecule has 1 unspecified atom stereocenters. The molecule has 1 atom stereocenters. The molecule has 0 bridgehead atoms. The van der Waals surface area contributed by atoms with Gasteiger partial charge in [-0.05, 0) is 77.0 Å². The minimum absolute atomic E-state index is 0.0828. The summed E-state index contributed by atoms with van der Waals surface area (Å²) in [6.45, 7) is 7.79. The summed E-state index contributed by atoms with van der Waals surface area (Å²) in [5, 5.41) is 0. The van der Waals surface area contributed by atoms with Crippen molar-refractivity contribution in [1.82, 2.24) is 0 Å². The number of unbranched alkanes of at least 4 members (excludes halogenated alkanes) is 30. The van der Waals surface area contributed by atoms with Gasteiger partial charge in [-0.3, -0.25) is 9.59 Å². The Hall–Kier alpha value is -1.88. The van der Waals surface area contributed by atoms with Crippen molar-refractivity contribution in [3.63, 3.8) is 0 Å². The highest BCUT2D eigenvalue weighted by atomic mass is 16.6. The molecule has 5 heteroatoms. The van der Waals surface area contributed by atoms with Gasteiger partial charge in [0, 0.05) is 19.4 Å². The molecule has 0 radical (unpaired) electrons. The quantitative estimate of drug-likeness (QED) is 0.0348. The zero-order chi connectivity index (χ0) is 42.1. The largest absolute Gasteiger partial charge is 0.462 e. The molecule has 0 aromatic carbocycles. The van der Waals surface area contributed by atoms with E-state index in [9.17, 15) is 9.59 Å². The predicted octanol–water partition coefficient (Wildman–Crippen LogP) is 17.0. The van der Waals surface area contributed by atoms with Gasteiger partial charge in [0.2, 0.25) is 0 Å². The van der Waals surface area contributed by atoms with Gasteiger partial charge in [0.1, 0.15) is 6.61 Å². The zero-order valence-corrected chi connectivity index (χ0v) is 39.1. The number of carbonyl (C=O) groups excluding carboxylic acids is 2. The number of allylic oxidation sites excluding steroid dienone is 6. The lowest BCUT2D eigenvalue weighted by atomic mass is 10.1. The third kappa shape index (κ3) is 46.8. The van der Waals surface area contributed by atoms with Gasteiger partial charge in [-0.15, -0.1) is 0 Å². The van der Waals surface area contributed by atoms with Gasteiger partial charge in [0.05, 0.1) is 6.61 Å². The van der Waals surface area contributed by atoms with Crippen LogP contribution in [-0.4, -0.2) is 37.9 Å². The number of rotatable bonds is 47. The second-order valence-corrected chi connectivity index (χ2v) is 17.1. The number of esters is 2. The monoisotopic (exact) mass is 815 g/mol. The smallest absolute Gasteiger partial charge is 0.306 e. The Morgan fingerprint density at radius 1 is 0.379 bits per heavy atom. The zero-order valence-electron chi connectivity index (χ0n) is 39.1. The Balaban J connectivity index is 4.19. The van der Waals surface area contributed by atoms with E-state index in [0.717, 1.165) is 51.4 Å². The standard InChI is InChI=1S/C53H98O5/c1-4-7-10-13-16-19-21-23-25-27-28-30-32-35-37-40-43-46-52(54)57-50-51(58-53(55)47-44-41-38-34-18-15-12-9-6-3)49-56-48-45-42-39-36-33-31-29-26-24-22-20-17-14-11-8-5-2/h16,19,23-26,51H,4-15,17-18,20-22,27-50H2,1-3H3/b19-16-,25-23-,26-24-. The molecule has 0 aromatic heterocycles. The van der Waals surface area contributed by atoms with Crippen LogP contribution in [-0.2, 0) is 23.8 Å². The molecule has 0 N–H and O–H groups in total. The number of hydrogen-bond donors (Lipinski definition) is 0. The van der Waals surface area contributed by atoms with Crippen LogP contribution < -0.4 is 0 Å². The third-order valence-electron chi connectivity index (χ3n) is 11.1. The number of ether oxygens (including phenoxy) is 3. The maximum absolute atomic E-state index is 12.7. The molecule has 0 rings (SSSR count). The number of hydrogen-bond acceptors (Lipinski definition) is 5. The van der Waals surface area contributed by atoms with Crippen LogP contribution in [0.5, 0.6) is 0 Å². The molecule has 5 nitrogen and oxygen atoms in total. The first kappa shape index (κ1) is 56.1. The van der Waals surface area contributed by atoms with E-state index in [1.807, 2.05) is 0 Å².